The molecule has 0 atom stereocenters. The van der Waals surface area contributed by atoms with Crippen LogP contribution in [0.25, 0.3) is 0 Å². The summed E-state index contributed by atoms with van der Waals surface area (Å²) in [6.07, 6.45) is 2.34. The van der Waals surface area contributed by atoms with Gasteiger partial charge in [-0.2, -0.15) is 0 Å². The summed E-state index contributed by atoms with van der Waals surface area (Å²) in [5, 5.41) is 3.34. The fourth-order valence-electron chi connectivity index (χ4n) is 2.93. The number of nitrogens with one attached hydrogen (secondary N) is 1. The summed E-state index contributed by atoms with van der Waals surface area (Å²) >= 11 is 3.21. The number of nitrogens with zero attached hydrogens (tertiary/aromatic N) is 2. The Labute approximate surface area is 179 Å². The number of carbonyl (C=O) groups is 1. The van der Waals surface area contributed by atoms with E-state index in [4.69, 9.17) is 4.74 Å². The van der Waals surface area contributed by atoms with E-state index in [0.29, 0.717) is 17.6 Å². The van der Waals surface area contributed by atoms with Gasteiger partial charge in [0.25, 0.3) is 0 Å². The second kappa shape index (κ2) is 11.7. The van der Waals surface area contributed by atoms with Gasteiger partial charge in [-0.3, -0.25) is 9.79 Å². The molecule has 0 unspecified atom stereocenters. The Balaban J connectivity index is 0.00000338. The molecule has 1 heterocycles. The van der Waals surface area contributed by atoms with Crippen LogP contribution in [0.1, 0.15) is 25.3 Å². The fraction of sp³-hybridized carbons (Fsp3) is 0.556. The van der Waals surface area contributed by atoms with Gasteiger partial charge in [0.1, 0.15) is 5.82 Å². The third-order valence-corrected chi connectivity index (χ3v) is 4.91. The van der Waals surface area contributed by atoms with E-state index in [-0.39, 0.29) is 41.7 Å². The molecule has 1 N–H and O–H groups in total. The Hall–Kier alpha value is -0.900. The molecule has 1 aromatic rings. The third-order valence-electron chi connectivity index (χ3n) is 4.31. The van der Waals surface area contributed by atoms with Crippen molar-refractivity contribution in [1.29, 1.82) is 0 Å². The Kier molecular flexibility index (Phi) is 10.4. The van der Waals surface area contributed by atoms with Crippen LogP contribution in [0, 0.1) is 11.7 Å². The van der Waals surface area contributed by atoms with Gasteiger partial charge in [-0.15, -0.1) is 24.0 Å². The van der Waals surface area contributed by atoms with Crippen LogP contribution in [0.3, 0.4) is 0 Å². The topological polar surface area (TPSA) is 53.9 Å². The average Bonchev–Trinajstić information content (AvgIpc) is 2.62. The lowest BCUT2D eigenvalue weighted by molar-refractivity contribution is -0.149. The van der Waals surface area contributed by atoms with Gasteiger partial charge in [0.05, 0.1) is 17.0 Å². The molecular weight excluding hydrogens is 516 g/mol. The molecule has 0 aromatic heterocycles. The molecule has 1 fully saturated rings. The molecule has 0 bridgehead atoms. The number of aliphatic imine (C=N–C) groups is 1. The number of benzene rings is 1. The fourth-order valence-corrected chi connectivity index (χ4v) is 3.36. The van der Waals surface area contributed by atoms with Gasteiger partial charge in [0, 0.05) is 26.7 Å². The van der Waals surface area contributed by atoms with Crippen molar-refractivity contribution < 1.29 is 13.9 Å². The lowest BCUT2D eigenvalue weighted by Crippen LogP contribution is -2.47. The molecule has 26 heavy (non-hydrogen) atoms. The quantitative estimate of drug-likeness (QED) is 0.268. The van der Waals surface area contributed by atoms with Crippen molar-refractivity contribution in [3.8, 4) is 0 Å². The molecule has 146 valence electrons. The smallest absolute Gasteiger partial charge is 0.309 e. The standard InChI is InChI=1S/C18H25BrFN3O2.HI/c1-3-25-17(24)14-7-10-23(11-8-14)18(21-2)22-9-6-13-4-5-16(20)15(19)12-13;/h4-5,12,14H,3,6-11H2,1-2H3,(H,21,22);1H. The van der Waals surface area contributed by atoms with E-state index >= 15 is 0 Å². The molecule has 0 amide bonds. The third kappa shape index (κ3) is 6.68. The highest BCUT2D eigenvalue weighted by Crippen LogP contribution is 2.19. The number of hydrogen-bond donors (Lipinski definition) is 1. The monoisotopic (exact) mass is 541 g/mol. The normalized spacial score (nSPS) is 15.4. The second-order valence-electron chi connectivity index (χ2n) is 5.99. The number of piperidine rings is 1. The van der Waals surface area contributed by atoms with E-state index in [1.165, 1.54) is 6.07 Å². The van der Waals surface area contributed by atoms with Gasteiger partial charge in [-0.05, 0) is 59.8 Å². The van der Waals surface area contributed by atoms with Crippen LogP contribution in [0.15, 0.2) is 27.7 Å². The number of guanidine groups is 1. The summed E-state index contributed by atoms with van der Waals surface area (Å²) in [5.74, 6) is 0.485. The van der Waals surface area contributed by atoms with E-state index in [1.54, 1.807) is 19.2 Å². The molecule has 1 saturated heterocycles. The summed E-state index contributed by atoms with van der Waals surface area (Å²) < 4.78 is 18.8. The predicted octanol–water partition coefficient (Wildman–Crippen LogP) is 3.60. The van der Waals surface area contributed by atoms with Crippen molar-refractivity contribution in [1.82, 2.24) is 10.2 Å². The molecule has 0 aliphatic carbocycles. The van der Waals surface area contributed by atoms with E-state index < -0.39 is 0 Å². The van der Waals surface area contributed by atoms with Crippen molar-refractivity contribution >= 4 is 51.8 Å². The average molecular weight is 542 g/mol. The zero-order chi connectivity index (χ0) is 18.2. The predicted molar refractivity (Wildman–Crippen MR) is 116 cm³/mol. The first-order valence-electron chi connectivity index (χ1n) is 8.61. The Morgan fingerprint density at radius 2 is 2.12 bits per heavy atom. The lowest BCUT2D eigenvalue weighted by atomic mass is 9.97. The molecule has 1 aromatic carbocycles. The molecule has 0 saturated carbocycles. The number of ether oxygens (including phenoxy) is 1. The van der Waals surface area contributed by atoms with E-state index in [1.807, 2.05) is 6.92 Å². The minimum atomic E-state index is -0.253. The summed E-state index contributed by atoms with van der Waals surface area (Å²) in [6.45, 7) is 4.54. The van der Waals surface area contributed by atoms with Gasteiger partial charge in [0.15, 0.2) is 5.96 Å². The first-order valence-corrected chi connectivity index (χ1v) is 9.40. The van der Waals surface area contributed by atoms with Crippen LogP contribution in [-0.2, 0) is 16.0 Å². The maximum Gasteiger partial charge on any atom is 0.309 e. The van der Waals surface area contributed by atoms with Crippen LogP contribution in [0.4, 0.5) is 4.39 Å². The number of rotatable bonds is 5. The molecule has 0 radical (unpaired) electrons. The first-order chi connectivity index (χ1) is 12.0. The maximum absolute atomic E-state index is 13.3. The van der Waals surface area contributed by atoms with Crippen LogP contribution in [0.5, 0.6) is 0 Å². The molecule has 1 aliphatic rings. The number of carbonyl (C=O) groups excluding carboxylic acids is 1. The Bertz CT molecular complexity index is 622. The highest BCUT2D eigenvalue weighted by Gasteiger charge is 2.27. The molecule has 2 rings (SSSR count). The van der Waals surface area contributed by atoms with Crippen LogP contribution in [-0.4, -0.2) is 50.1 Å². The van der Waals surface area contributed by atoms with E-state index in [2.05, 4.69) is 31.1 Å². The Morgan fingerprint density at radius 3 is 2.69 bits per heavy atom. The minimum Gasteiger partial charge on any atom is -0.466 e. The van der Waals surface area contributed by atoms with Crippen molar-refractivity contribution in [3.63, 3.8) is 0 Å². The van der Waals surface area contributed by atoms with E-state index in [0.717, 1.165) is 43.9 Å². The van der Waals surface area contributed by atoms with Crippen molar-refractivity contribution in [2.45, 2.75) is 26.2 Å². The number of halogens is 3. The van der Waals surface area contributed by atoms with Gasteiger partial charge in [-0.1, -0.05) is 6.07 Å². The van der Waals surface area contributed by atoms with Gasteiger partial charge in [0.2, 0.25) is 0 Å². The summed E-state index contributed by atoms with van der Waals surface area (Å²) in [5.41, 5.74) is 1.05. The summed E-state index contributed by atoms with van der Waals surface area (Å²) in [7, 11) is 1.76. The van der Waals surface area contributed by atoms with Crippen LogP contribution >= 0.6 is 39.9 Å². The molecule has 1 aliphatic heterocycles. The Morgan fingerprint density at radius 1 is 1.42 bits per heavy atom. The van der Waals surface area contributed by atoms with Crippen LogP contribution < -0.4 is 5.32 Å². The first kappa shape index (κ1) is 23.1. The number of hydrogen-bond acceptors (Lipinski definition) is 3. The van der Waals surface area contributed by atoms with Gasteiger partial charge < -0.3 is 15.0 Å². The van der Waals surface area contributed by atoms with Crippen LogP contribution in [0.2, 0.25) is 0 Å². The summed E-state index contributed by atoms with van der Waals surface area (Å²) in [4.78, 5) is 18.3. The summed E-state index contributed by atoms with van der Waals surface area (Å²) in [6, 6.07) is 5.05. The SMILES string of the molecule is CCOC(=O)C1CCN(C(=NC)NCCc2ccc(F)c(Br)c2)CC1.I. The largest absolute Gasteiger partial charge is 0.466 e. The number of esters is 1. The molecule has 8 heteroatoms. The molecule has 5 nitrogen and oxygen atoms in total. The second-order valence-corrected chi connectivity index (χ2v) is 6.84. The van der Waals surface area contributed by atoms with Gasteiger partial charge in [-0.25, -0.2) is 4.39 Å². The number of likely N-dealkylation sites (tertiary alicyclic amines) is 1. The zero-order valence-electron chi connectivity index (χ0n) is 15.1. The van der Waals surface area contributed by atoms with Crippen molar-refractivity contribution in [2.75, 3.05) is 33.3 Å². The zero-order valence-corrected chi connectivity index (χ0v) is 19.1. The lowest BCUT2D eigenvalue weighted by Gasteiger charge is -2.33. The van der Waals surface area contributed by atoms with Gasteiger partial charge >= 0.3 is 5.97 Å². The molecule has 0 spiro atoms. The highest BCUT2D eigenvalue weighted by atomic mass is 127. The van der Waals surface area contributed by atoms with Crippen molar-refractivity contribution in [3.05, 3.63) is 34.1 Å². The van der Waals surface area contributed by atoms with Crippen molar-refractivity contribution in [2.24, 2.45) is 10.9 Å². The highest BCUT2D eigenvalue weighted by molar-refractivity contribution is 14.0. The maximum atomic E-state index is 13.3. The van der Waals surface area contributed by atoms with E-state index in [9.17, 15) is 9.18 Å². The molecular formula is C18H26BrFIN3O2. The minimum absolute atomic E-state index is 0.